The quantitative estimate of drug-likeness (QED) is 0.814. The average molecular weight is 340 g/mol. The summed E-state index contributed by atoms with van der Waals surface area (Å²) in [6.07, 6.45) is 10.1. The lowest BCUT2D eigenvalue weighted by Gasteiger charge is -2.35. The summed E-state index contributed by atoms with van der Waals surface area (Å²) >= 11 is 0. The van der Waals surface area contributed by atoms with Crippen LogP contribution in [0.5, 0.6) is 0 Å². The fraction of sp³-hybridized carbons (Fsp3) is 0.500. The number of hydrogen-bond acceptors (Lipinski definition) is 3. The Morgan fingerprint density at radius 1 is 1.20 bits per heavy atom. The van der Waals surface area contributed by atoms with E-state index in [2.05, 4.69) is 22.5 Å². The van der Waals surface area contributed by atoms with Gasteiger partial charge in [-0.25, -0.2) is 0 Å². The number of benzene rings is 1. The Morgan fingerprint density at radius 3 is 2.72 bits per heavy atom. The van der Waals surface area contributed by atoms with Crippen molar-refractivity contribution < 1.29 is 4.79 Å². The van der Waals surface area contributed by atoms with Crippen molar-refractivity contribution in [3.8, 4) is 0 Å². The van der Waals surface area contributed by atoms with E-state index in [4.69, 9.17) is 5.73 Å². The predicted molar refractivity (Wildman–Crippen MR) is 98.8 cm³/mol. The fourth-order valence-corrected chi connectivity index (χ4v) is 3.78. The molecule has 1 aliphatic carbocycles. The van der Waals surface area contributed by atoms with Gasteiger partial charge in [0.15, 0.2) is 0 Å². The zero-order valence-electron chi connectivity index (χ0n) is 14.8. The van der Waals surface area contributed by atoms with E-state index in [0.29, 0.717) is 19.5 Å². The van der Waals surface area contributed by atoms with Gasteiger partial charge in [0.1, 0.15) is 0 Å². The number of nitrogens with zero attached hydrogens (tertiary/aromatic N) is 2. The van der Waals surface area contributed by atoms with Gasteiger partial charge in [0, 0.05) is 25.4 Å². The van der Waals surface area contributed by atoms with Crippen LogP contribution in [-0.2, 0) is 17.9 Å². The lowest BCUT2D eigenvalue weighted by molar-refractivity contribution is -0.124. The van der Waals surface area contributed by atoms with Gasteiger partial charge in [0.2, 0.25) is 5.91 Å². The Bertz CT molecular complexity index is 675. The Balaban J connectivity index is 1.53. The molecule has 1 amide bonds. The zero-order valence-corrected chi connectivity index (χ0v) is 14.8. The third-order valence-electron chi connectivity index (χ3n) is 5.27. The third kappa shape index (κ3) is 4.92. The second-order valence-electron chi connectivity index (χ2n) is 7.24. The monoisotopic (exact) mass is 340 g/mol. The molecule has 0 spiro atoms. The molecule has 0 aliphatic heterocycles. The van der Waals surface area contributed by atoms with Crippen LogP contribution in [0.1, 0.15) is 49.7 Å². The summed E-state index contributed by atoms with van der Waals surface area (Å²) in [5.41, 5.74) is 8.30. The van der Waals surface area contributed by atoms with Crippen molar-refractivity contribution >= 4 is 5.91 Å². The molecule has 3 rings (SSSR count). The highest BCUT2D eigenvalue weighted by atomic mass is 16.1. The fourth-order valence-electron chi connectivity index (χ4n) is 3.78. The van der Waals surface area contributed by atoms with E-state index in [1.807, 2.05) is 29.1 Å². The summed E-state index contributed by atoms with van der Waals surface area (Å²) in [4.78, 5) is 12.4. The molecule has 1 aliphatic rings. The molecular formula is C20H28N4O. The van der Waals surface area contributed by atoms with E-state index in [1.165, 1.54) is 24.8 Å². The van der Waals surface area contributed by atoms with E-state index >= 15 is 0 Å². The largest absolute Gasteiger partial charge is 0.352 e. The van der Waals surface area contributed by atoms with Crippen LogP contribution >= 0.6 is 0 Å². The van der Waals surface area contributed by atoms with Crippen molar-refractivity contribution in [3.05, 3.63) is 53.9 Å². The highest BCUT2D eigenvalue weighted by Crippen LogP contribution is 2.38. The molecule has 2 aromatic rings. The third-order valence-corrected chi connectivity index (χ3v) is 5.27. The summed E-state index contributed by atoms with van der Waals surface area (Å²) in [5, 5.41) is 7.31. The maximum atomic E-state index is 12.4. The van der Waals surface area contributed by atoms with Crippen LogP contribution in [0.3, 0.4) is 0 Å². The second kappa shape index (κ2) is 8.30. The van der Waals surface area contributed by atoms with Crippen molar-refractivity contribution in [1.82, 2.24) is 15.1 Å². The average Bonchev–Trinajstić information content (AvgIpc) is 3.14. The summed E-state index contributed by atoms with van der Waals surface area (Å²) in [6, 6.07) is 10.2. The number of carbonyl (C=O) groups is 1. The lowest BCUT2D eigenvalue weighted by Crippen LogP contribution is -2.38. The topological polar surface area (TPSA) is 72.9 Å². The van der Waals surface area contributed by atoms with Gasteiger partial charge in [0.25, 0.3) is 0 Å². The van der Waals surface area contributed by atoms with Crippen LogP contribution in [0.15, 0.2) is 42.7 Å². The molecule has 1 fully saturated rings. The second-order valence-corrected chi connectivity index (χ2v) is 7.24. The van der Waals surface area contributed by atoms with Gasteiger partial charge in [-0.3, -0.25) is 9.48 Å². The molecule has 5 heteroatoms. The number of amides is 1. The molecule has 0 bridgehead atoms. The zero-order chi connectivity index (χ0) is 17.5. The van der Waals surface area contributed by atoms with Gasteiger partial charge in [-0.15, -0.1) is 0 Å². The minimum atomic E-state index is 0.0181. The van der Waals surface area contributed by atoms with E-state index in [-0.39, 0.29) is 11.3 Å². The summed E-state index contributed by atoms with van der Waals surface area (Å²) in [6.45, 7) is 1.91. The van der Waals surface area contributed by atoms with Crippen LogP contribution < -0.4 is 11.1 Å². The first kappa shape index (κ1) is 17.7. The van der Waals surface area contributed by atoms with Gasteiger partial charge in [-0.05, 0) is 42.0 Å². The smallest absolute Gasteiger partial charge is 0.220 e. The Hall–Kier alpha value is -2.14. The van der Waals surface area contributed by atoms with Crippen LogP contribution in [0, 0.1) is 5.41 Å². The molecule has 25 heavy (non-hydrogen) atoms. The molecule has 0 saturated heterocycles. The maximum absolute atomic E-state index is 12.4. The molecule has 1 aromatic heterocycles. The van der Waals surface area contributed by atoms with Crippen molar-refractivity contribution in [2.24, 2.45) is 11.1 Å². The number of carbonyl (C=O) groups excluding carboxylic acids is 1. The van der Waals surface area contributed by atoms with Gasteiger partial charge < -0.3 is 11.1 Å². The molecule has 0 radical (unpaired) electrons. The number of nitrogens with one attached hydrogen (secondary N) is 1. The van der Waals surface area contributed by atoms with Crippen LogP contribution in [0.25, 0.3) is 0 Å². The van der Waals surface area contributed by atoms with Gasteiger partial charge in [-0.1, -0.05) is 43.5 Å². The molecule has 5 nitrogen and oxygen atoms in total. The van der Waals surface area contributed by atoms with Crippen molar-refractivity contribution in [1.29, 1.82) is 0 Å². The molecule has 1 saturated carbocycles. The van der Waals surface area contributed by atoms with Crippen molar-refractivity contribution in [2.75, 3.05) is 6.54 Å². The number of rotatable bonds is 7. The van der Waals surface area contributed by atoms with E-state index < -0.39 is 0 Å². The molecule has 134 valence electrons. The molecule has 1 aromatic carbocycles. The highest BCUT2D eigenvalue weighted by Gasteiger charge is 2.32. The summed E-state index contributed by atoms with van der Waals surface area (Å²) in [5.74, 6) is 0.116. The van der Waals surface area contributed by atoms with Crippen LogP contribution in [0.2, 0.25) is 0 Å². The van der Waals surface area contributed by atoms with E-state index in [9.17, 15) is 4.79 Å². The Kier molecular flexibility index (Phi) is 5.87. The molecule has 3 N–H and O–H groups in total. The number of hydrogen-bond donors (Lipinski definition) is 2. The molecule has 0 unspecified atom stereocenters. The van der Waals surface area contributed by atoms with Gasteiger partial charge >= 0.3 is 0 Å². The Labute approximate surface area is 149 Å². The van der Waals surface area contributed by atoms with Crippen molar-refractivity contribution in [2.45, 2.75) is 51.6 Å². The SMILES string of the molecule is NCC1(CC(=O)NCc2cccc(Cn3cccn3)c2)CCCCC1. The first-order valence-corrected chi connectivity index (χ1v) is 9.21. The first-order chi connectivity index (χ1) is 12.2. The minimum Gasteiger partial charge on any atom is -0.352 e. The van der Waals surface area contributed by atoms with Crippen molar-refractivity contribution in [3.63, 3.8) is 0 Å². The molecule has 0 atom stereocenters. The minimum absolute atomic E-state index is 0.0181. The van der Waals surface area contributed by atoms with Crippen LogP contribution in [-0.4, -0.2) is 22.2 Å². The highest BCUT2D eigenvalue weighted by molar-refractivity contribution is 5.76. The summed E-state index contributed by atoms with van der Waals surface area (Å²) in [7, 11) is 0. The molecule has 1 heterocycles. The first-order valence-electron chi connectivity index (χ1n) is 9.21. The Morgan fingerprint density at radius 2 is 2.00 bits per heavy atom. The number of nitrogens with two attached hydrogens (primary N) is 1. The van der Waals surface area contributed by atoms with E-state index in [1.54, 1.807) is 6.20 Å². The predicted octanol–water partition coefficient (Wildman–Crippen LogP) is 2.85. The lowest BCUT2D eigenvalue weighted by atomic mass is 9.71. The summed E-state index contributed by atoms with van der Waals surface area (Å²) < 4.78 is 1.89. The van der Waals surface area contributed by atoms with Gasteiger partial charge in [0.05, 0.1) is 6.54 Å². The number of aromatic nitrogens is 2. The standard InChI is InChI=1S/C20H28N4O/c21-16-20(8-2-1-3-9-20)13-19(25)22-14-17-6-4-7-18(12-17)15-24-11-5-10-23-24/h4-7,10-12H,1-3,8-9,13-16,21H2,(H,22,25). The van der Waals surface area contributed by atoms with Gasteiger partial charge in [-0.2, -0.15) is 5.10 Å². The molecular weight excluding hydrogens is 312 g/mol. The normalized spacial score (nSPS) is 16.5. The van der Waals surface area contributed by atoms with E-state index in [0.717, 1.165) is 24.9 Å². The van der Waals surface area contributed by atoms with Crippen LogP contribution in [0.4, 0.5) is 0 Å². The maximum Gasteiger partial charge on any atom is 0.220 e.